The standard InChI is InChI=1S/C16H20N2O.ClH/c17-15-7-8-18(12-15)9-10-19-16-6-5-13-3-1-2-4-14(13)11-16;/h1-6,11,15H,7-10,12,17H2;1H/t15-;/m1./s1. The second-order valence-corrected chi connectivity index (χ2v) is 5.21. The Labute approximate surface area is 126 Å². The van der Waals surface area contributed by atoms with Gasteiger partial charge in [-0.2, -0.15) is 0 Å². The fourth-order valence-corrected chi connectivity index (χ4v) is 2.62. The van der Waals surface area contributed by atoms with E-state index in [9.17, 15) is 0 Å². The summed E-state index contributed by atoms with van der Waals surface area (Å²) in [6, 6.07) is 14.9. The lowest BCUT2D eigenvalue weighted by Crippen LogP contribution is -2.29. The Morgan fingerprint density at radius 3 is 2.70 bits per heavy atom. The van der Waals surface area contributed by atoms with Crippen LogP contribution in [0.5, 0.6) is 5.75 Å². The van der Waals surface area contributed by atoms with Crippen LogP contribution in [0.25, 0.3) is 10.8 Å². The molecule has 1 heterocycles. The summed E-state index contributed by atoms with van der Waals surface area (Å²) in [4.78, 5) is 2.37. The van der Waals surface area contributed by atoms with Crippen molar-refractivity contribution in [2.75, 3.05) is 26.2 Å². The van der Waals surface area contributed by atoms with Gasteiger partial charge in [-0.1, -0.05) is 30.3 Å². The molecule has 20 heavy (non-hydrogen) atoms. The number of hydrogen-bond donors (Lipinski definition) is 1. The molecule has 2 aromatic rings. The molecule has 0 radical (unpaired) electrons. The Morgan fingerprint density at radius 1 is 1.15 bits per heavy atom. The number of nitrogens with two attached hydrogens (primary N) is 1. The predicted octanol–water partition coefficient (Wildman–Crippen LogP) is 2.67. The third-order valence-corrected chi connectivity index (χ3v) is 3.71. The first-order valence-electron chi connectivity index (χ1n) is 6.91. The normalized spacial score (nSPS) is 18.9. The molecule has 4 heteroatoms. The van der Waals surface area contributed by atoms with Crippen LogP contribution in [0.3, 0.4) is 0 Å². The average molecular weight is 293 g/mol. The number of rotatable bonds is 4. The minimum Gasteiger partial charge on any atom is -0.492 e. The lowest BCUT2D eigenvalue weighted by Gasteiger charge is -2.15. The van der Waals surface area contributed by atoms with Gasteiger partial charge in [0.1, 0.15) is 12.4 Å². The van der Waals surface area contributed by atoms with Crippen LogP contribution in [-0.4, -0.2) is 37.2 Å². The van der Waals surface area contributed by atoms with E-state index in [2.05, 4.69) is 41.3 Å². The molecule has 1 fully saturated rings. The summed E-state index contributed by atoms with van der Waals surface area (Å²) in [6.45, 7) is 3.79. The topological polar surface area (TPSA) is 38.5 Å². The number of ether oxygens (including phenoxy) is 1. The van der Waals surface area contributed by atoms with Crippen molar-refractivity contribution in [3.05, 3.63) is 42.5 Å². The SMILES string of the molecule is Cl.N[C@@H]1CCN(CCOc2ccc3ccccc3c2)C1. The van der Waals surface area contributed by atoms with Gasteiger partial charge in [0.05, 0.1) is 0 Å². The van der Waals surface area contributed by atoms with E-state index in [1.54, 1.807) is 0 Å². The fraction of sp³-hybridized carbons (Fsp3) is 0.375. The molecule has 0 unspecified atom stereocenters. The van der Waals surface area contributed by atoms with Crippen molar-refractivity contribution in [3.8, 4) is 5.75 Å². The van der Waals surface area contributed by atoms with E-state index in [0.717, 1.165) is 38.4 Å². The second-order valence-electron chi connectivity index (χ2n) is 5.21. The van der Waals surface area contributed by atoms with Crippen LogP contribution in [0.15, 0.2) is 42.5 Å². The van der Waals surface area contributed by atoms with Gasteiger partial charge in [0.2, 0.25) is 0 Å². The van der Waals surface area contributed by atoms with Crippen molar-refractivity contribution in [2.45, 2.75) is 12.5 Å². The van der Waals surface area contributed by atoms with Crippen LogP contribution >= 0.6 is 12.4 Å². The van der Waals surface area contributed by atoms with Gasteiger partial charge >= 0.3 is 0 Å². The maximum absolute atomic E-state index is 5.89. The highest BCUT2D eigenvalue weighted by atomic mass is 35.5. The molecule has 0 saturated carbocycles. The van der Waals surface area contributed by atoms with E-state index in [4.69, 9.17) is 10.5 Å². The van der Waals surface area contributed by atoms with Gasteiger partial charge in [0.25, 0.3) is 0 Å². The maximum Gasteiger partial charge on any atom is 0.120 e. The number of benzene rings is 2. The van der Waals surface area contributed by atoms with E-state index >= 15 is 0 Å². The van der Waals surface area contributed by atoms with Crippen LogP contribution in [0, 0.1) is 0 Å². The van der Waals surface area contributed by atoms with Crippen molar-refractivity contribution in [3.63, 3.8) is 0 Å². The van der Waals surface area contributed by atoms with Crippen molar-refractivity contribution in [2.24, 2.45) is 5.73 Å². The molecule has 0 aromatic heterocycles. The Kier molecular flexibility index (Phi) is 5.24. The molecule has 3 rings (SSSR count). The zero-order valence-corrected chi connectivity index (χ0v) is 12.3. The smallest absolute Gasteiger partial charge is 0.120 e. The summed E-state index contributed by atoms with van der Waals surface area (Å²) >= 11 is 0. The highest BCUT2D eigenvalue weighted by Gasteiger charge is 2.18. The number of hydrogen-bond acceptors (Lipinski definition) is 3. The van der Waals surface area contributed by atoms with E-state index in [0.29, 0.717) is 6.04 Å². The number of nitrogens with zero attached hydrogens (tertiary/aromatic N) is 1. The summed E-state index contributed by atoms with van der Waals surface area (Å²) in [5.41, 5.74) is 5.89. The van der Waals surface area contributed by atoms with E-state index < -0.39 is 0 Å². The van der Waals surface area contributed by atoms with Gasteiger partial charge in [0.15, 0.2) is 0 Å². The van der Waals surface area contributed by atoms with Crippen LogP contribution in [0.1, 0.15) is 6.42 Å². The zero-order chi connectivity index (χ0) is 13.1. The molecule has 1 saturated heterocycles. The first-order chi connectivity index (χ1) is 9.31. The molecular weight excluding hydrogens is 272 g/mol. The number of fused-ring (bicyclic) bond motifs is 1. The lowest BCUT2D eigenvalue weighted by molar-refractivity contribution is 0.236. The first-order valence-corrected chi connectivity index (χ1v) is 6.91. The predicted molar refractivity (Wildman–Crippen MR) is 85.7 cm³/mol. The molecule has 0 spiro atoms. The van der Waals surface area contributed by atoms with Gasteiger partial charge in [-0.05, 0) is 35.9 Å². The van der Waals surface area contributed by atoms with Crippen molar-refractivity contribution in [1.29, 1.82) is 0 Å². The second kappa shape index (κ2) is 6.93. The summed E-state index contributed by atoms with van der Waals surface area (Å²) in [5.74, 6) is 0.946. The minimum absolute atomic E-state index is 0. The van der Waals surface area contributed by atoms with Gasteiger partial charge < -0.3 is 10.5 Å². The molecule has 2 N–H and O–H groups in total. The molecule has 1 atom stereocenters. The molecule has 2 aromatic carbocycles. The molecule has 0 amide bonds. The van der Waals surface area contributed by atoms with Crippen LogP contribution in [0.4, 0.5) is 0 Å². The summed E-state index contributed by atoms with van der Waals surface area (Å²) in [7, 11) is 0. The fourth-order valence-electron chi connectivity index (χ4n) is 2.62. The first kappa shape index (κ1) is 15.1. The Morgan fingerprint density at radius 2 is 1.95 bits per heavy atom. The maximum atomic E-state index is 5.89. The monoisotopic (exact) mass is 292 g/mol. The third kappa shape index (κ3) is 3.63. The Hall–Kier alpha value is -1.29. The molecular formula is C16H21ClN2O. The van der Waals surface area contributed by atoms with Gasteiger partial charge in [-0.25, -0.2) is 0 Å². The van der Waals surface area contributed by atoms with Crippen LogP contribution < -0.4 is 10.5 Å². The molecule has 0 aliphatic carbocycles. The lowest BCUT2D eigenvalue weighted by atomic mass is 10.1. The minimum atomic E-state index is 0. The summed E-state index contributed by atoms with van der Waals surface area (Å²) < 4.78 is 5.83. The van der Waals surface area contributed by atoms with Crippen molar-refractivity contribution < 1.29 is 4.74 Å². The van der Waals surface area contributed by atoms with Crippen LogP contribution in [0.2, 0.25) is 0 Å². The molecule has 1 aliphatic rings. The highest BCUT2D eigenvalue weighted by molar-refractivity contribution is 5.85. The summed E-state index contributed by atoms with van der Waals surface area (Å²) in [6.07, 6.45) is 1.11. The zero-order valence-electron chi connectivity index (χ0n) is 11.5. The van der Waals surface area contributed by atoms with Crippen molar-refractivity contribution >= 4 is 23.2 Å². The average Bonchev–Trinajstić information content (AvgIpc) is 2.84. The molecule has 1 aliphatic heterocycles. The Bertz CT molecular complexity index is 561. The Balaban J connectivity index is 0.00000147. The third-order valence-electron chi connectivity index (χ3n) is 3.71. The highest BCUT2D eigenvalue weighted by Crippen LogP contribution is 2.20. The van der Waals surface area contributed by atoms with E-state index in [1.165, 1.54) is 10.8 Å². The van der Waals surface area contributed by atoms with Crippen LogP contribution in [-0.2, 0) is 0 Å². The van der Waals surface area contributed by atoms with Gasteiger partial charge in [-0.3, -0.25) is 4.90 Å². The largest absolute Gasteiger partial charge is 0.492 e. The summed E-state index contributed by atoms with van der Waals surface area (Å²) in [5, 5.41) is 2.48. The molecule has 108 valence electrons. The van der Waals surface area contributed by atoms with Crippen molar-refractivity contribution in [1.82, 2.24) is 4.90 Å². The number of halogens is 1. The number of likely N-dealkylation sites (tertiary alicyclic amines) is 1. The van der Waals surface area contributed by atoms with Gasteiger partial charge in [-0.15, -0.1) is 12.4 Å². The van der Waals surface area contributed by atoms with E-state index in [1.807, 2.05) is 6.07 Å². The quantitative estimate of drug-likeness (QED) is 0.941. The van der Waals surface area contributed by atoms with Gasteiger partial charge in [0, 0.05) is 19.1 Å². The van der Waals surface area contributed by atoms with E-state index in [-0.39, 0.29) is 12.4 Å². The molecule has 3 nitrogen and oxygen atoms in total. The molecule has 0 bridgehead atoms.